The van der Waals surface area contributed by atoms with E-state index in [-0.39, 0.29) is 10.8 Å². The zero-order valence-electron chi connectivity index (χ0n) is 16.6. The van der Waals surface area contributed by atoms with Crippen molar-refractivity contribution in [1.82, 2.24) is 0 Å². The molecular weight excluding hydrogens is 400 g/mol. The number of carbonyl (C=O) groups excluding carboxylic acids is 1. The van der Waals surface area contributed by atoms with Crippen LogP contribution in [0.15, 0.2) is 89.8 Å². The van der Waals surface area contributed by atoms with Gasteiger partial charge in [-0.2, -0.15) is 0 Å². The molecule has 154 valence electrons. The second kappa shape index (κ2) is 9.28. The van der Waals surface area contributed by atoms with Crippen LogP contribution in [0.2, 0.25) is 0 Å². The third-order valence-electron chi connectivity index (χ3n) is 4.45. The highest BCUT2D eigenvalue weighted by atomic mass is 32.2. The van der Waals surface area contributed by atoms with Crippen molar-refractivity contribution in [2.45, 2.75) is 4.90 Å². The van der Waals surface area contributed by atoms with Crippen LogP contribution in [0.25, 0.3) is 6.08 Å². The predicted molar refractivity (Wildman–Crippen MR) is 119 cm³/mol. The van der Waals surface area contributed by atoms with Crippen LogP contribution >= 0.6 is 0 Å². The molecule has 30 heavy (non-hydrogen) atoms. The second-order valence-corrected chi connectivity index (χ2v) is 8.37. The molecule has 0 bridgehead atoms. The Labute approximate surface area is 176 Å². The van der Waals surface area contributed by atoms with E-state index in [2.05, 4.69) is 5.32 Å². The topological polar surface area (TPSA) is 75.7 Å². The molecule has 3 aromatic rings. The molecule has 0 heterocycles. The summed E-state index contributed by atoms with van der Waals surface area (Å²) in [7, 11) is -0.628. The zero-order chi connectivity index (χ0) is 21.6. The highest BCUT2D eigenvalue weighted by molar-refractivity contribution is 7.92. The fourth-order valence-corrected chi connectivity index (χ4v) is 3.99. The third-order valence-corrected chi connectivity index (χ3v) is 6.25. The Morgan fingerprint density at radius 2 is 1.57 bits per heavy atom. The van der Waals surface area contributed by atoms with Gasteiger partial charge in [-0.15, -0.1) is 0 Å². The highest BCUT2D eigenvalue weighted by Gasteiger charge is 2.21. The number of benzene rings is 3. The first-order valence-corrected chi connectivity index (χ1v) is 10.6. The van der Waals surface area contributed by atoms with Gasteiger partial charge < -0.3 is 10.1 Å². The van der Waals surface area contributed by atoms with E-state index >= 15 is 0 Å². The minimum Gasteiger partial charge on any atom is -0.496 e. The van der Waals surface area contributed by atoms with E-state index in [1.807, 2.05) is 30.3 Å². The van der Waals surface area contributed by atoms with Crippen molar-refractivity contribution in [1.29, 1.82) is 0 Å². The van der Waals surface area contributed by atoms with Crippen LogP contribution < -0.4 is 14.4 Å². The highest BCUT2D eigenvalue weighted by Crippen LogP contribution is 2.23. The first kappa shape index (κ1) is 21.1. The standard InChI is InChI=1S/C23H22N2O4S/c1-25(20-9-4-3-5-10-20)30(27,28)21-15-13-19(14-16-21)24-23(26)17-12-18-8-6-7-11-22(18)29-2/h3-17H,1-2H3,(H,24,26)/b17-12+. The lowest BCUT2D eigenvalue weighted by atomic mass is 10.2. The van der Waals surface area contributed by atoms with E-state index in [1.54, 1.807) is 49.6 Å². The number of nitrogens with zero attached hydrogens (tertiary/aromatic N) is 1. The number of ether oxygens (including phenoxy) is 1. The summed E-state index contributed by atoms with van der Waals surface area (Å²) in [6, 6.07) is 22.2. The maximum absolute atomic E-state index is 12.8. The quantitative estimate of drug-likeness (QED) is 0.580. The molecule has 0 aliphatic rings. The summed E-state index contributed by atoms with van der Waals surface area (Å²) in [5.41, 5.74) is 1.84. The Balaban J connectivity index is 1.69. The molecule has 0 aromatic heterocycles. The van der Waals surface area contributed by atoms with E-state index in [4.69, 9.17) is 4.74 Å². The van der Waals surface area contributed by atoms with Crippen LogP contribution in [0.5, 0.6) is 5.75 Å². The van der Waals surface area contributed by atoms with Gasteiger partial charge in [0.05, 0.1) is 17.7 Å². The van der Waals surface area contributed by atoms with Crippen molar-refractivity contribution in [3.63, 3.8) is 0 Å². The van der Waals surface area contributed by atoms with Gasteiger partial charge in [-0.25, -0.2) is 8.42 Å². The summed E-state index contributed by atoms with van der Waals surface area (Å²) in [5.74, 6) is 0.330. The normalized spacial score (nSPS) is 11.3. The first-order chi connectivity index (χ1) is 14.4. The van der Waals surface area contributed by atoms with Crippen molar-refractivity contribution in [2.75, 3.05) is 23.8 Å². The molecule has 3 rings (SSSR count). The molecular formula is C23H22N2O4S. The number of anilines is 2. The average Bonchev–Trinajstić information content (AvgIpc) is 2.78. The number of nitrogens with one attached hydrogen (secondary N) is 1. The van der Waals surface area contributed by atoms with E-state index in [9.17, 15) is 13.2 Å². The predicted octanol–water partition coefficient (Wildman–Crippen LogP) is 4.17. The number of amides is 1. The molecule has 0 saturated heterocycles. The number of methoxy groups -OCH3 is 1. The Morgan fingerprint density at radius 1 is 0.933 bits per heavy atom. The van der Waals surface area contributed by atoms with Crippen LogP contribution in [0.4, 0.5) is 11.4 Å². The molecule has 0 unspecified atom stereocenters. The summed E-state index contributed by atoms with van der Waals surface area (Å²) < 4.78 is 32.1. The maximum Gasteiger partial charge on any atom is 0.264 e. The van der Waals surface area contributed by atoms with Crippen LogP contribution in [0.1, 0.15) is 5.56 Å². The number of sulfonamides is 1. The van der Waals surface area contributed by atoms with Gasteiger partial charge in [0.15, 0.2) is 0 Å². The lowest BCUT2D eigenvalue weighted by molar-refractivity contribution is -0.111. The molecule has 0 aliphatic carbocycles. The van der Waals surface area contributed by atoms with Crippen molar-refractivity contribution in [3.8, 4) is 5.75 Å². The monoisotopic (exact) mass is 422 g/mol. The van der Waals surface area contributed by atoms with Gasteiger partial charge in [-0.1, -0.05) is 36.4 Å². The van der Waals surface area contributed by atoms with E-state index in [1.165, 1.54) is 29.6 Å². The minimum absolute atomic E-state index is 0.136. The van der Waals surface area contributed by atoms with E-state index < -0.39 is 10.0 Å². The van der Waals surface area contributed by atoms with Gasteiger partial charge in [-0.05, 0) is 48.5 Å². The molecule has 0 saturated carbocycles. The summed E-state index contributed by atoms with van der Waals surface area (Å²) >= 11 is 0. The smallest absolute Gasteiger partial charge is 0.264 e. The lowest BCUT2D eigenvalue weighted by Gasteiger charge is -2.19. The Bertz CT molecular complexity index is 1140. The number of hydrogen-bond donors (Lipinski definition) is 1. The molecule has 0 atom stereocenters. The van der Waals surface area contributed by atoms with Crippen LogP contribution in [-0.4, -0.2) is 28.5 Å². The van der Waals surface area contributed by atoms with Gasteiger partial charge >= 0.3 is 0 Å². The van der Waals surface area contributed by atoms with Gasteiger partial charge in [0.25, 0.3) is 10.0 Å². The Kier molecular flexibility index (Phi) is 6.54. The second-order valence-electron chi connectivity index (χ2n) is 6.40. The Morgan fingerprint density at radius 3 is 2.23 bits per heavy atom. The van der Waals surface area contributed by atoms with Crippen LogP contribution in [-0.2, 0) is 14.8 Å². The van der Waals surface area contributed by atoms with E-state index in [0.29, 0.717) is 17.1 Å². The van der Waals surface area contributed by atoms with E-state index in [0.717, 1.165) is 5.56 Å². The first-order valence-electron chi connectivity index (χ1n) is 9.18. The number of carbonyl (C=O) groups is 1. The molecule has 7 heteroatoms. The molecule has 6 nitrogen and oxygen atoms in total. The van der Waals surface area contributed by atoms with Crippen molar-refractivity contribution in [2.24, 2.45) is 0 Å². The lowest BCUT2D eigenvalue weighted by Crippen LogP contribution is -2.26. The molecule has 0 spiro atoms. The van der Waals surface area contributed by atoms with Crippen molar-refractivity contribution in [3.05, 3.63) is 90.5 Å². The fraction of sp³-hybridized carbons (Fsp3) is 0.0870. The number of para-hydroxylation sites is 2. The molecule has 0 radical (unpaired) electrons. The van der Waals surface area contributed by atoms with Gasteiger partial charge in [-0.3, -0.25) is 9.10 Å². The minimum atomic E-state index is -3.70. The SMILES string of the molecule is COc1ccccc1/C=C/C(=O)Nc1ccc(S(=O)(=O)N(C)c2ccccc2)cc1. The van der Waals surface area contributed by atoms with Gasteiger partial charge in [0.1, 0.15) is 5.75 Å². The summed E-state index contributed by atoms with van der Waals surface area (Å²) in [5, 5.41) is 2.71. The Hall–Kier alpha value is -3.58. The maximum atomic E-state index is 12.8. The molecule has 1 N–H and O–H groups in total. The summed E-state index contributed by atoms with van der Waals surface area (Å²) in [6.07, 6.45) is 3.05. The molecule has 3 aromatic carbocycles. The van der Waals surface area contributed by atoms with Crippen LogP contribution in [0.3, 0.4) is 0 Å². The summed E-state index contributed by atoms with van der Waals surface area (Å²) in [4.78, 5) is 12.3. The number of rotatable bonds is 7. The molecule has 0 fully saturated rings. The fourth-order valence-electron chi connectivity index (χ4n) is 2.80. The molecule has 0 aliphatic heterocycles. The third kappa shape index (κ3) is 4.87. The van der Waals surface area contributed by atoms with Gasteiger partial charge in [0, 0.05) is 24.4 Å². The number of hydrogen-bond acceptors (Lipinski definition) is 4. The molecule has 1 amide bonds. The average molecular weight is 423 g/mol. The summed E-state index contributed by atoms with van der Waals surface area (Å²) in [6.45, 7) is 0. The van der Waals surface area contributed by atoms with Crippen molar-refractivity contribution >= 4 is 33.4 Å². The van der Waals surface area contributed by atoms with Crippen LogP contribution in [0, 0.1) is 0 Å². The largest absolute Gasteiger partial charge is 0.496 e. The zero-order valence-corrected chi connectivity index (χ0v) is 17.5. The van der Waals surface area contributed by atoms with Gasteiger partial charge in [0.2, 0.25) is 5.91 Å². The van der Waals surface area contributed by atoms with Crippen molar-refractivity contribution < 1.29 is 17.9 Å².